The number of nitrogens with one attached hydrogen (secondary N) is 1. The molecule has 0 unspecified atom stereocenters. The molecule has 3 aromatic carbocycles. The van der Waals surface area contributed by atoms with Gasteiger partial charge in [-0.05, 0) is 56.3 Å². The Morgan fingerprint density at radius 2 is 1.61 bits per heavy atom. The van der Waals surface area contributed by atoms with Crippen molar-refractivity contribution in [3.63, 3.8) is 0 Å². The van der Waals surface area contributed by atoms with E-state index in [2.05, 4.69) is 5.32 Å². The summed E-state index contributed by atoms with van der Waals surface area (Å²) in [5, 5.41) is 3.44. The van der Waals surface area contributed by atoms with Gasteiger partial charge in [0.15, 0.2) is 0 Å². The third kappa shape index (κ3) is 2.64. The molecule has 1 N–H and O–H groups in total. The molecule has 0 aliphatic carbocycles. The van der Waals surface area contributed by atoms with Gasteiger partial charge in [-0.2, -0.15) is 0 Å². The topological polar surface area (TPSA) is 61.9 Å². The van der Waals surface area contributed by atoms with Crippen molar-refractivity contribution in [1.82, 2.24) is 0 Å². The molecule has 5 rings (SSSR count). The van der Waals surface area contributed by atoms with Crippen molar-refractivity contribution in [3.05, 3.63) is 83.9 Å². The van der Waals surface area contributed by atoms with E-state index in [1.54, 1.807) is 15.9 Å². The highest BCUT2D eigenvalue weighted by Crippen LogP contribution is 2.49. The molecule has 2 aliphatic rings. The largest absolute Gasteiger partial charge is 0.494 e. The van der Waals surface area contributed by atoms with Crippen LogP contribution in [-0.4, -0.2) is 25.0 Å². The zero-order chi connectivity index (χ0) is 21.6. The number of hydrogen-bond acceptors (Lipinski definition) is 4. The minimum absolute atomic E-state index is 0.173. The minimum Gasteiger partial charge on any atom is -0.494 e. The van der Waals surface area contributed by atoms with Gasteiger partial charge in [-0.15, -0.1) is 0 Å². The second kappa shape index (κ2) is 7.16. The van der Waals surface area contributed by atoms with E-state index in [-0.39, 0.29) is 11.8 Å². The van der Waals surface area contributed by atoms with Gasteiger partial charge in [-0.3, -0.25) is 14.5 Å². The lowest BCUT2D eigenvalue weighted by Crippen LogP contribution is -2.63. The van der Waals surface area contributed by atoms with Crippen LogP contribution in [0.25, 0.3) is 0 Å². The molecular formula is C25H23N3O3. The van der Waals surface area contributed by atoms with Crippen LogP contribution >= 0.6 is 0 Å². The van der Waals surface area contributed by atoms with Gasteiger partial charge in [-0.25, -0.2) is 0 Å². The van der Waals surface area contributed by atoms with Crippen LogP contribution in [0.3, 0.4) is 0 Å². The number of likely N-dealkylation sites (N-methyl/N-ethyl adjacent to an activating group) is 1. The summed E-state index contributed by atoms with van der Waals surface area (Å²) in [5.41, 5.74) is 2.02. The van der Waals surface area contributed by atoms with Crippen molar-refractivity contribution >= 4 is 28.9 Å². The van der Waals surface area contributed by atoms with Crippen LogP contribution in [0.2, 0.25) is 0 Å². The van der Waals surface area contributed by atoms with Gasteiger partial charge in [0.2, 0.25) is 5.66 Å². The minimum atomic E-state index is -1.36. The first kappa shape index (κ1) is 19.2. The average molecular weight is 413 g/mol. The average Bonchev–Trinajstić information content (AvgIpc) is 3.03. The van der Waals surface area contributed by atoms with Crippen molar-refractivity contribution < 1.29 is 14.3 Å². The highest BCUT2D eigenvalue weighted by molar-refractivity contribution is 6.22. The van der Waals surface area contributed by atoms with Crippen molar-refractivity contribution in [2.45, 2.75) is 19.5 Å². The molecule has 0 fully saturated rings. The molecule has 1 spiro atoms. The number of carbonyl (C=O) groups is 2. The van der Waals surface area contributed by atoms with Gasteiger partial charge in [-0.1, -0.05) is 30.3 Å². The molecule has 0 radical (unpaired) electrons. The number of anilines is 3. The molecule has 6 nitrogen and oxygen atoms in total. The standard InChI is InChI=1S/C25H23N3O3/c1-3-27-22-12-8-6-10-20(22)25(24(27)30)26-21-11-7-5-9-19(21)23(29)28(25)17-13-15-18(16-14-17)31-4-2/h5-16,26H,3-4H2,1-2H3/t25-/m1/s1. The van der Waals surface area contributed by atoms with Gasteiger partial charge >= 0.3 is 0 Å². The second-order valence-electron chi connectivity index (χ2n) is 7.52. The lowest BCUT2D eigenvalue weighted by molar-refractivity contribution is -0.122. The first-order valence-corrected chi connectivity index (χ1v) is 10.5. The first-order chi connectivity index (χ1) is 15.1. The first-order valence-electron chi connectivity index (χ1n) is 10.5. The summed E-state index contributed by atoms with van der Waals surface area (Å²) >= 11 is 0. The highest BCUT2D eigenvalue weighted by Gasteiger charge is 2.59. The fourth-order valence-corrected chi connectivity index (χ4v) is 4.56. The van der Waals surface area contributed by atoms with E-state index >= 15 is 0 Å². The number of carbonyl (C=O) groups excluding carboxylic acids is 2. The molecule has 0 bridgehead atoms. The summed E-state index contributed by atoms with van der Waals surface area (Å²) in [6.45, 7) is 4.92. The van der Waals surface area contributed by atoms with Crippen LogP contribution in [0.5, 0.6) is 5.75 Å². The number of fused-ring (bicyclic) bond motifs is 3. The van der Waals surface area contributed by atoms with Crippen molar-refractivity contribution in [3.8, 4) is 5.75 Å². The molecule has 0 saturated heterocycles. The monoisotopic (exact) mass is 413 g/mol. The van der Waals surface area contributed by atoms with Crippen LogP contribution in [0.4, 0.5) is 17.1 Å². The zero-order valence-corrected chi connectivity index (χ0v) is 17.5. The molecule has 31 heavy (non-hydrogen) atoms. The predicted octanol–water partition coefficient (Wildman–Crippen LogP) is 4.38. The number of ether oxygens (including phenoxy) is 1. The van der Waals surface area contributed by atoms with Crippen LogP contribution in [-0.2, 0) is 10.5 Å². The Morgan fingerprint density at radius 1 is 0.903 bits per heavy atom. The molecule has 2 aliphatic heterocycles. The van der Waals surface area contributed by atoms with Crippen molar-refractivity contribution in [1.29, 1.82) is 0 Å². The van der Waals surface area contributed by atoms with E-state index in [1.807, 2.05) is 80.6 Å². The molecule has 1 atom stereocenters. The smallest absolute Gasteiger partial charge is 0.279 e. The molecule has 0 saturated carbocycles. The van der Waals surface area contributed by atoms with Crippen LogP contribution in [0.1, 0.15) is 29.8 Å². The summed E-state index contributed by atoms with van der Waals surface area (Å²) < 4.78 is 5.57. The number of amides is 2. The summed E-state index contributed by atoms with van der Waals surface area (Å²) in [5.74, 6) is 0.319. The zero-order valence-electron chi connectivity index (χ0n) is 17.5. The molecule has 156 valence electrons. The Bertz CT molecular complexity index is 1170. The fraction of sp³-hybridized carbons (Fsp3) is 0.200. The van der Waals surface area contributed by atoms with Gasteiger partial charge in [0, 0.05) is 23.5 Å². The Balaban J connectivity index is 1.76. The van der Waals surface area contributed by atoms with Crippen LogP contribution in [0.15, 0.2) is 72.8 Å². The van der Waals surface area contributed by atoms with Gasteiger partial charge in [0.25, 0.3) is 11.8 Å². The third-order valence-corrected chi connectivity index (χ3v) is 5.87. The lowest BCUT2D eigenvalue weighted by atomic mass is 9.92. The fourth-order valence-electron chi connectivity index (χ4n) is 4.56. The SMILES string of the molecule is CCOc1ccc(N2C(=O)c3ccccc3N[C@@]23C(=O)N(CC)c2ccccc23)cc1. The van der Waals surface area contributed by atoms with Gasteiger partial charge in [0.1, 0.15) is 5.75 Å². The van der Waals surface area contributed by atoms with E-state index in [9.17, 15) is 9.59 Å². The lowest BCUT2D eigenvalue weighted by Gasteiger charge is -2.45. The van der Waals surface area contributed by atoms with Gasteiger partial charge in [0.05, 0.1) is 17.9 Å². The molecule has 2 amide bonds. The van der Waals surface area contributed by atoms with Crippen LogP contribution in [0, 0.1) is 0 Å². The quantitative estimate of drug-likeness (QED) is 0.690. The molecule has 0 aromatic heterocycles. The summed E-state index contributed by atoms with van der Waals surface area (Å²) in [4.78, 5) is 31.1. The van der Waals surface area contributed by atoms with E-state index < -0.39 is 5.66 Å². The van der Waals surface area contributed by atoms with Gasteiger partial charge < -0.3 is 15.0 Å². The summed E-state index contributed by atoms with van der Waals surface area (Å²) in [6.07, 6.45) is 0. The van der Waals surface area contributed by atoms with E-state index in [4.69, 9.17) is 4.74 Å². The number of benzene rings is 3. The summed E-state index contributed by atoms with van der Waals surface area (Å²) in [7, 11) is 0. The van der Waals surface area contributed by atoms with Crippen molar-refractivity contribution in [2.75, 3.05) is 28.3 Å². The molecular weight excluding hydrogens is 390 g/mol. The molecule has 6 heteroatoms. The maximum Gasteiger partial charge on any atom is 0.279 e. The Labute approximate surface area is 181 Å². The van der Waals surface area contributed by atoms with Crippen molar-refractivity contribution in [2.24, 2.45) is 0 Å². The number of hydrogen-bond donors (Lipinski definition) is 1. The summed E-state index contributed by atoms with van der Waals surface area (Å²) in [6, 6.07) is 22.3. The Hall–Kier alpha value is -3.80. The normalized spacial score (nSPS) is 19.3. The number of rotatable bonds is 4. The molecule has 3 aromatic rings. The second-order valence-corrected chi connectivity index (χ2v) is 7.52. The van der Waals surface area contributed by atoms with E-state index in [0.717, 1.165) is 11.3 Å². The number of para-hydroxylation sites is 2. The third-order valence-electron chi connectivity index (χ3n) is 5.87. The molecule has 2 heterocycles. The predicted molar refractivity (Wildman–Crippen MR) is 121 cm³/mol. The highest BCUT2D eigenvalue weighted by atomic mass is 16.5. The van der Waals surface area contributed by atoms with E-state index in [0.29, 0.717) is 35.8 Å². The Morgan fingerprint density at radius 3 is 2.35 bits per heavy atom. The van der Waals surface area contributed by atoms with Crippen LogP contribution < -0.4 is 19.9 Å². The maximum atomic E-state index is 13.9. The number of nitrogens with zero attached hydrogens (tertiary/aromatic N) is 2. The Kier molecular flexibility index (Phi) is 4.43. The maximum absolute atomic E-state index is 13.9. The van der Waals surface area contributed by atoms with E-state index in [1.165, 1.54) is 0 Å².